The van der Waals surface area contributed by atoms with Gasteiger partial charge in [-0.2, -0.15) is 0 Å². The van der Waals surface area contributed by atoms with Crippen molar-refractivity contribution in [3.05, 3.63) is 60.7 Å². The predicted molar refractivity (Wildman–Crippen MR) is 82.6 cm³/mol. The number of hydrogen-bond acceptors (Lipinski definition) is 3. The second-order valence-electron chi connectivity index (χ2n) is 4.38. The van der Waals surface area contributed by atoms with Crippen LogP contribution in [0.3, 0.4) is 0 Å². The molecule has 4 heteroatoms. The van der Waals surface area contributed by atoms with Crippen molar-refractivity contribution in [2.75, 3.05) is 0 Å². The van der Waals surface area contributed by atoms with Crippen LogP contribution in [0.4, 0.5) is 0 Å². The fourth-order valence-electron chi connectivity index (χ4n) is 1.87. The molecule has 0 fully saturated rings. The van der Waals surface area contributed by atoms with Gasteiger partial charge < -0.3 is 9.47 Å². The molecule has 2 aromatic carbocycles. The van der Waals surface area contributed by atoms with Crippen LogP contribution in [0.1, 0.15) is 19.8 Å². The fraction of sp³-hybridized carbons (Fsp3) is 0.250. The summed E-state index contributed by atoms with van der Waals surface area (Å²) in [7, 11) is 2.24. The molecule has 20 heavy (non-hydrogen) atoms. The number of ether oxygens (including phenoxy) is 2. The molecule has 0 aliphatic rings. The van der Waals surface area contributed by atoms with E-state index in [4.69, 9.17) is 14.0 Å². The standard InChI is InChI=1S/C16H19O3P/c1-2-13-16(19-20,17-14-9-5-3-6-10-14)18-15-11-7-4-8-12-15/h3-12H,2,13,20H2,1H3. The Hall–Kier alpha value is -1.57. The summed E-state index contributed by atoms with van der Waals surface area (Å²) in [4.78, 5) is 0. The van der Waals surface area contributed by atoms with Gasteiger partial charge in [0.25, 0.3) is 0 Å². The highest BCUT2D eigenvalue weighted by atomic mass is 31.0. The van der Waals surface area contributed by atoms with Crippen molar-refractivity contribution in [2.45, 2.75) is 25.7 Å². The molecule has 0 N–H and O–H groups in total. The Kier molecular flexibility index (Phi) is 5.40. The molecule has 106 valence electrons. The van der Waals surface area contributed by atoms with E-state index in [0.29, 0.717) is 17.9 Å². The molecule has 2 rings (SSSR count). The molecule has 0 aromatic heterocycles. The summed E-state index contributed by atoms with van der Waals surface area (Å²) in [6, 6.07) is 19.0. The molecule has 1 unspecified atom stereocenters. The van der Waals surface area contributed by atoms with Crippen molar-refractivity contribution in [3.8, 4) is 11.5 Å². The number of benzene rings is 2. The van der Waals surface area contributed by atoms with E-state index in [1.807, 2.05) is 60.7 Å². The van der Waals surface area contributed by atoms with Crippen molar-refractivity contribution in [1.82, 2.24) is 0 Å². The number of para-hydroxylation sites is 2. The minimum absolute atomic E-state index is 0.611. The Labute approximate surface area is 122 Å². The largest absolute Gasteiger partial charge is 0.430 e. The highest BCUT2D eigenvalue weighted by molar-refractivity contribution is 7.09. The van der Waals surface area contributed by atoms with E-state index in [2.05, 4.69) is 16.4 Å². The fourth-order valence-corrected chi connectivity index (χ4v) is 2.09. The Balaban J connectivity index is 2.20. The summed E-state index contributed by atoms with van der Waals surface area (Å²) < 4.78 is 17.3. The first-order valence-electron chi connectivity index (χ1n) is 6.64. The van der Waals surface area contributed by atoms with Crippen LogP contribution in [0.5, 0.6) is 11.5 Å². The Morgan fingerprint density at radius 3 is 1.65 bits per heavy atom. The average molecular weight is 290 g/mol. The highest BCUT2D eigenvalue weighted by Crippen LogP contribution is 2.29. The molecule has 0 heterocycles. The summed E-state index contributed by atoms with van der Waals surface area (Å²) in [6.45, 7) is 2.06. The lowest BCUT2D eigenvalue weighted by Gasteiger charge is -2.32. The quantitative estimate of drug-likeness (QED) is 0.558. The van der Waals surface area contributed by atoms with Gasteiger partial charge in [-0.05, 0) is 30.7 Å². The molecule has 0 radical (unpaired) electrons. The van der Waals surface area contributed by atoms with Crippen LogP contribution in [-0.2, 0) is 4.52 Å². The summed E-state index contributed by atoms with van der Waals surface area (Å²) in [5.41, 5.74) is 0. The van der Waals surface area contributed by atoms with E-state index >= 15 is 0 Å². The molecular weight excluding hydrogens is 271 g/mol. The molecule has 0 amide bonds. The average Bonchev–Trinajstić information content (AvgIpc) is 2.49. The van der Waals surface area contributed by atoms with Crippen molar-refractivity contribution in [1.29, 1.82) is 0 Å². The zero-order valence-electron chi connectivity index (χ0n) is 11.5. The summed E-state index contributed by atoms with van der Waals surface area (Å²) >= 11 is 0. The van der Waals surface area contributed by atoms with Gasteiger partial charge >= 0.3 is 5.97 Å². The lowest BCUT2D eigenvalue weighted by molar-refractivity contribution is -0.250. The van der Waals surface area contributed by atoms with Gasteiger partial charge in [-0.3, -0.25) is 4.52 Å². The van der Waals surface area contributed by atoms with E-state index in [1.54, 1.807) is 0 Å². The molecule has 3 nitrogen and oxygen atoms in total. The van der Waals surface area contributed by atoms with Crippen molar-refractivity contribution >= 4 is 9.47 Å². The first kappa shape index (κ1) is 14.8. The van der Waals surface area contributed by atoms with Crippen molar-refractivity contribution in [2.24, 2.45) is 0 Å². The minimum Gasteiger partial charge on any atom is -0.430 e. The molecule has 0 bridgehead atoms. The zero-order chi connectivity index (χ0) is 14.3. The summed E-state index contributed by atoms with van der Waals surface area (Å²) in [5, 5.41) is 0. The maximum atomic E-state index is 5.93. The van der Waals surface area contributed by atoms with Crippen LogP contribution in [0.2, 0.25) is 0 Å². The van der Waals surface area contributed by atoms with Gasteiger partial charge in [0.1, 0.15) is 11.5 Å². The molecule has 1 atom stereocenters. The third-order valence-corrected chi connectivity index (χ3v) is 3.13. The van der Waals surface area contributed by atoms with E-state index in [9.17, 15) is 0 Å². The zero-order valence-corrected chi connectivity index (χ0v) is 12.6. The van der Waals surface area contributed by atoms with Gasteiger partial charge in [-0.15, -0.1) is 0 Å². The van der Waals surface area contributed by atoms with Gasteiger partial charge in [0, 0.05) is 9.47 Å². The van der Waals surface area contributed by atoms with Crippen LogP contribution < -0.4 is 9.47 Å². The molecular formula is C16H19O3P. The van der Waals surface area contributed by atoms with Gasteiger partial charge in [-0.1, -0.05) is 43.3 Å². The van der Waals surface area contributed by atoms with Crippen LogP contribution >= 0.6 is 9.47 Å². The van der Waals surface area contributed by atoms with Gasteiger partial charge in [0.15, 0.2) is 0 Å². The predicted octanol–water partition coefficient (Wildman–Crippen LogP) is 4.41. The molecule has 0 spiro atoms. The third kappa shape index (κ3) is 3.96. The summed E-state index contributed by atoms with van der Waals surface area (Å²) in [5.74, 6) is 0.279. The van der Waals surface area contributed by atoms with Crippen molar-refractivity contribution < 1.29 is 14.0 Å². The minimum atomic E-state index is -1.14. The van der Waals surface area contributed by atoms with Gasteiger partial charge in [-0.25, -0.2) is 0 Å². The lowest BCUT2D eigenvalue weighted by atomic mass is 10.2. The molecule has 0 aliphatic heterocycles. The van der Waals surface area contributed by atoms with Crippen LogP contribution in [0, 0.1) is 0 Å². The SMILES string of the molecule is CCCC(OP)(Oc1ccccc1)Oc1ccccc1. The number of hydrogen-bond donors (Lipinski definition) is 0. The number of rotatable bonds is 7. The van der Waals surface area contributed by atoms with E-state index in [-0.39, 0.29) is 0 Å². The van der Waals surface area contributed by atoms with Gasteiger partial charge in [0.2, 0.25) is 0 Å². The highest BCUT2D eigenvalue weighted by Gasteiger charge is 2.34. The Bertz CT molecular complexity index is 460. The normalized spacial score (nSPS) is 11.1. The molecule has 0 aliphatic carbocycles. The molecule has 0 saturated heterocycles. The smallest absolute Gasteiger partial charge is 0.374 e. The second-order valence-corrected chi connectivity index (χ2v) is 4.62. The first-order valence-corrected chi connectivity index (χ1v) is 7.11. The van der Waals surface area contributed by atoms with Gasteiger partial charge in [0.05, 0.1) is 6.42 Å². The monoisotopic (exact) mass is 290 g/mol. The third-order valence-electron chi connectivity index (χ3n) is 2.77. The van der Waals surface area contributed by atoms with E-state index in [1.165, 1.54) is 0 Å². The Morgan fingerprint density at radius 2 is 1.30 bits per heavy atom. The van der Waals surface area contributed by atoms with Crippen LogP contribution in [0.15, 0.2) is 60.7 Å². The lowest BCUT2D eigenvalue weighted by Crippen LogP contribution is -2.42. The first-order chi connectivity index (χ1) is 9.78. The van der Waals surface area contributed by atoms with Crippen molar-refractivity contribution in [3.63, 3.8) is 0 Å². The topological polar surface area (TPSA) is 27.7 Å². The molecule has 0 saturated carbocycles. The van der Waals surface area contributed by atoms with E-state index < -0.39 is 5.97 Å². The Morgan fingerprint density at radius 1 is 0.850 bits per heavy atom. The maximum absolute atomic E-state index is 5.93. The molecule has 2 aromatic rings. The van der Waals surface area contributed by atoms with Crippen LogP contribution in [-0.4, -0.2) is 5.97 Å². The van der Waals surface area contributed by atoms with E-state index in [0.717, 1.165) is 6.42 Å². The maximum Gasteiger partial charge on any atom is 0.374 e. The summed E-state index contributed by atoms with van der Waals surface area (Å²) in [6.07, 6.45) is 1.48. The second kappa shape index (κ2) is 7.28. The van der Waals surface area contributed by atoms with Crippen LogP contribution in [0.25, 0.3) is 0 Å².